The quantitative estimate of drug-likeness (QED) is 0.619. The maximum atomic E-state index is 6.01. The highest BCUT2D eigenvalue weighted by Gasteiger charge is 2.10. The summed E-state index contributed by atoms with van der Waals surface area (Å²) < 4.78 is 7.88. The molecular weight excluding hydrogens is 274 g/mol. The fourth-order valence-electron chi connectivity index (χ4n) is 2.85. The Morgan fingerprint density at radius 3 is 2.91 bits per heavy atom. The van der Waals surface area contributed by atoms with Crippen molar-refractivity contribution in [1.29, 1.82) is 0 Å². The molecule has 0 radical (unpaired) electrons. The van der Waals surface area contributed by atoms with E-state index in [9.17, 15) is 0 Å². The Bertz CT molecular complexity index is 922. The van der Waals surface area contributed by atoms with Crippen molar-refractivity contribution < 1.29 is 4.74 Å². The minimum atomic E-state index is 0.593. The zero-order chi connectivity index (χ0) is 14.9. The van der Waals surface area contributed by atoms with Gasteiger partial charge >= 0.3 is 0 Å². The van der Waals surface area contributed by atoms with Gasteiger partial charge in [0.05, 0.1) is 12.1 Å². The lowest BCUT2D eigenvalue weighted by atomic mass is 10.1. The molecule has 0 amide bonds. The van der Waals surface area contributed by atoms with Crippen molar-refractivity contribution >= 4 is 21.8 Å². The van der Waals surface area contributed by atoms with E-state index in [4.69, 9.17) is 4.74 Å². The molecule has 0 aliphatic rings. The highest BCUT2D eigenvalue weighted by molar-refractivity contribution is 6.09. The number of H-pyrrole nitrogens is 1. The minimum absolute atomic E-state index is 0.593. The average Bonchev–Trinajstić information content (AvgIpc) is 3.15. The molecule has 0 bridgehead atoms. The second-order valence-electron chi connectivity index (χ2n) is 5.47. The lowest BCUT2D eigenvalue weighted by Crippen LogP contribution is -2.08. The molecule has 2 aromatic carbocycles. The zero-order valence-corrected chi connectivity index (χ0v) is 12.4. The maximum Gasteiger partial charge on any atom is 0.143 e. The number of hydrogen-bond acceptors (Lipinski definition) is 2. The van der Waals surface area contributed by atoms with Crippen LogP contribution in [-0.2, 0) is 6.54 Å². The van der Waals surface area contributed by atoms with Gasteiger partial charge in [0.1, 0.15) is 12.4 Å². The molecule has 22 heavy (non-hydrogen) atoms. The monoisotopic (exact) mass is 291 g/mol. The van der Waals surface area contributed by atoms with Crippen LogP contribution in [0.15, 0.2) is 54.9 Å². The normalized spacial score (nSPS) is 11.3. The Balaban J connectivity index is 1.70. The van der Waals surface area contributed by atoms with E-state index >= 15 is 0 Å². The number of nitrogens with one attached hydrogen (secondary N) is 1. The number of fused-ring (bicyclic) bond motifs is 3. The first-order chi connectivity index (χ1) is 10.8. The van der Waals surface area contributed by atoms with Gasteiger partial charge in [-0.2, -0.15) is 5.10 Å². The number of benzene rings is 2. The Kier molecular flexibility index (Phi) is 3.07. The fraction of sp³-hybridized carbons (Fsp3) is 0.167. The molecule has 2 aromatic heterocycles. The van der Waals surface area contributed by atoms with Gasteiger partial charge in [0.25, 0.3) is 0 Å². The van der Waals surface area contributed by atoms with Gasteiger partial charge in [0.15, 0.2) is 0 Å². The van der Waals surface area contributed by atoms with Gasteiger partial charge < -0.3 is 9.72 Å². The predicted molar refractivity (Wildman–Crippen MR) is 88.3 cm³/mol. The van der Waals surface area contributed by atoms with Gasteiger partial charge in [-0.1, -0.05) is 18.2 Å². The second kappa shape index (κ2) is 5.22. The predicted octanol–water partition coefficient (Wildman–Crippen LogP) is 3.91. The van der Waals surface area contributed by atoms with Crippen molar-refractivity contribution in [2.24, 2.45) is 0 Å². The van der Waals surface area contributed by atoms with E-state index in [-0.39, 0.29) is 0 Å². The molecule has 0 fully saturated rings. The highest BCUT2D eigenvalue weighted by atomic mass is 16.5. The van der Waals surface area contributed by atoms with Crippen LogP contribution in [0.1, 0.15) is 5.56 Å². The van der Waals surface area contributed by atoms with Gasteiger partial charge in [-0.25, -0.2) is 0 Å². The van der Waals surface area contributed by atoms with Crippen LogP contribution < -0.4 is 4.74 Å². The van der Waals surface area contributed by atoms with Crippen molar-refractivity contribution in [3.63, 3.8) is 0 Å². The first-order valence-electron chi connectivity index (χ1n) is 7.42. The number of para-hydroxylation sites is 1. The molecule has 2 heterocycles. The van der Waals surface area contributed by atoms with Crippen molar-refractivity contribution in [3.8, 4) is 5.75 Å². The Morgan fingerprint density at radius 1 is 1.14 bits per heavy atom. The minimum Gasteiger partial charge on any atom is -0.489 e. The van der Waals surface area contributed by atoms with Crippen LogP contribution in [0.4, 0.5) is 0 Å². The van der Waals surface area contributed by atoms with E-state index in [2.05, 4.69) is 47.3 Å². The van der Waals surface area contributed by atoms with Crippen LogP contribution >= 0.6 is 0 Å². The van der Waals surface area contributed by atoms with Crippen LogP contribution in [0.2, 0.25) is 0 Å². The molecule has 4 aromatic rings. The first-order valence-corrected chi connectivity index (χ1v) is 7.42. The molecule has 0 aliphatic carbocycles. The summed E-state index contributed by atoms with van der Waals surface area (Å²) in [5, 5.41) is 6.64. The smallest absolute Gasteiger partial charge is 0.143 e. The Labute approximate surface area is 128 Å². The van der Waals surface area contributed by atoms with Crippen LogP contribution in [0.5, 0.6) is 5.75 Å². The Morgan fingerprint density at radius 2 is 2.05 bits per heavy atom. The van der Waals surface area contributed by atoms with Crippen LogP contribution in [-0.4, -0.2) is 21.4 Å². The summed E-state index contributed by atoms with van der Waals surface area (Å²) in [4.78, 5) is 3.47. The number of ether oxygens (including phenoxy) is 1. The third-order valence-electron chi connectivity index (χ3n) is 3.86. The van der Waals surface area contributed by atoms with Crippen LogP contribution in [0, 0.1) is 6.92 Å². The summed E-state index contributed by atoms with van der Waals surface area (Å²) in [6.45, 7) is 3.43. The van der Waals surface area contributed by atoms with Gasteiger partial charge in [0, 0.05) is 28.7 Å². The molecule has 0 aliphatic heterocycles. The lowest BCUT2D eigenvalue weighted by Gasteiger charge is -2.09. The molecule has 0 atom stereocenters. The summed E-state index contributed by atoms with van der Waals surface area (Å²) in [7, 11) is 0. The molecule has 0 saturated carbocycles. The van der Waals surface area contributed by atoms with Crippen molar-refractivity contribution in [2.75, 3.05) is 6.61 Å². The standard InChI is InChI=1S/C18H17N3O/c1-13-11-15-14-5-2-3-6-16(14)20-18(15)17(12-13)22-10-9-21-8-4-7-19-21/h2-8,11-12,20H,9-10H2,1H3. The third kappa shape index (κ3) is 2.22. The SMILES string of the molecule is Cc1cc(OCCn2cccn2)c2[nH]c3ccccc3c2c1. The number of aromatic amines is 1. The number of aryl methyl sites for hydroxylation is 1. The van der Waals surface area contributed by atoms with Crippen molar-refractivity contribution in [2.45, 2.75) is 13.5 Å². The Hall–Kier alpha value is -2.75. The summed E-state index contributed by atoms with van der Waals surface area (Å²) >= 11 is 0. The van der Waals surface area contributed by atoms with E-state index in [0.717, 1.165) is 23.3 Å². The zero-order valence-electron chi connectivity index (χ0n) is 12.4. The van der Waals surface area contributed by atoms with E-state index in [1.54, 1.807) is 6.20 Å². The van der Waals surface area contributed by atoms with E-state index in [1.807, 2.05) is 23.0 Å². The summed E-state index contributed by atoms with van der Waals surface area (Å²) in [5.74, 6) is 0.901. The lowest BCUT2D eigenvalue weighted by molar-refractivity contribution is 0.294. The van der Waals surface area contributed by atoms with E-state index in [1.165, 1.54) is 16.3 Å². The third-order valence-corrected chi connectivity index (χ3v) is 3.86. The largest absolute Gasteiger partial charge is 0.489 e. The van der Waals surface area contributed by atoms with E-state index < -0.39 is 0 Å². The number of hydrogen-bond donors (Lipinski definition) is 1. The molecule has 0 saturated heterocycles. The first kappa shape index (κ1) is 13.0. The molecule has 4 heteroatoms. The van der Waals surface area contributed by atoms with E-state index in [0.29, 0.717) is 6.61 Å². The van der Waals surface area contributed by atoms with Gasteiger partial charge in [-0.05, 0) is 36.8 Å². The molecule has 0 spiro atoms. The topological polar surface area (TPSA) is 42.8 Å². The molecular formula is C18H17N3O. The molecule has 1 N–H and O–H groups in total. The van der Waals surface area contributed by atoms with Gasteiger partial charge in [-0.3, -0.25) is 4.68 Å². The van der Waals surface area contributed by atoms with Crippen molar-refractivity contribution in [1.82, 2.24) is 14.8 Å². The second-order valence-corrected chi connectivity index (χ2v) is 5.47. The molecule has 0 unspecified atom stereocenters. The van der Waals surface area contributed by atoms with Gasteiger partial charge in [-0.15, -0.1) is 0 Å². The summed E-state index contributed by atoms with van der Waals surface area (Å²) in [6.07, 6.45) is 3.72. The number of rotatable bonds is 4. The fourth-order valence-corrected chi connectivity index (χ4v) is 2.85. The summed E-state index contributed by atoms with van der Waals surface area (Å²) in [5.41, 5.74) is 3.40. The summed E-state index contributed by atoms with van der Waals surface area (Å²) in [6, 6.07) is 14.6. The van der Waals surface area contributed by atoms with Gasteiger partial charge in [0.2, 0.25) is 0 Å². The van der Waals surface area contributed by atoms with Crippen LogP contribution in [0.3, 0.4) is 0 Å². The highest BCUT2D eigenvalue weighted by Crippen LogP contribution is 2.32. The average molecular weight is 291 g/mol. The van der Waals surface area contributed by atoms with Crippen molar-refractivity contribution in [3.05, 3.63) is 60.4 Å². The molecule has 4 nitrogen and oxygen atoms in total. The van der Waals surface area contributed by atoms with Crippen LogP contribution in [0.25, 0.3) is 21.8 Å². The molecule has 4 rings (SSSR count). The number of nitrogens with zero attached hydrogens (tertiary/aromatic N) is 2. The molecule has 110 valence electrons. The maximum absolute atomic E-state index is 6.01. The number of aromatic nitrogens is 3.